The van der Waals surface area contributed by atoms with E-state index in [1.807, 2.05) is 55.8 Å². The first-order valence-electron chi connectivity index (χ1n) is 6.31. The topological polar surface area (TPSA) is 16.8 Å². The van der Waals surface area contributed by atoms with Crippen molar-refractivity contribution in [1.82, 2.24) is 4.98 Å². The summed E-state index contributed by atoms with van der Waals surface area (Å²) in [6.07, 6.45) is 8.17. The number of benzene rings is 1. The monoisotopic (exact) mass is 374 g/mol. The number of fused-ring (bicyclic) bond motifs is 1. The summed E-state index contributed by atoms with van der Waals surface area (Å²) in [5.74, 6) is 0. The quantitative estimate of drug-likeness (QED) is 0.464. The number of para-hydroxylation sites is 1. The van der Waals surface area contributed by atoms with Crippen molar-refractivity contribution in [1.29, 1.82) is 0 Å². The van der Waals surface area contributed by atoms with Crippen LogP contribution in [0.4, 0.5) is 0 Å². The summed E-state index contributed by atoms with van der Waals surface area (Å²) >= 11 is 0. The number of aromatic nitrogens is 2. The van der Waals surface area contributed by atoms with Gasteiger partial charge in [0.05, 0.1) is 5.52 Å². The first-order chi connectivity index (χ1) is 9.34. The molecule has 0 spiro atoms. The maximum absolute atomic E-state index is 4.38. The molecule has 0 saturated carbocycles. The van der Waals surface area contributed by atoms with E-state index in [1.54, 1.807) is 0 Å². The molecule has 0 saturated heterocycles. The van der Waals surface area contributed by atoms with Crippen LogP contribution in [-0.4, -0.2) is 4.98 Å². The summed E-state index contributed by atoms with van der Waals surface area (Å²) in [7, 11) is 2.05. The molecule has 2 heterocycles. The lowest BCUT2D eigenvalue weighted by Gasteiger charge is -2.00. The molecule has 3 heteroatoms. The van der Waals surface area contributed by atoms with Gasteiger partial charge in [0.15, 0.2) is 6.20 Å². The molecule has 2 aromatic heterocycles. The van der Waals surface area contributed by atoms with Gasteiger partial charge in [0.25, 0.3) is 0 Å². The Labute approximate surface area is 135 Å². The van der Waals surface area contributed by atoms with Gasteiger partial charge in [0.1, 0.15) is 7.05 Å². The van der Waals surface area contributed by atoms with Crippen molar-refractivity contribution in [3.05, 3.63) is 72.2 Å². The molecule has 0 bridgehead atoms. The lowest BCUT2D eigenvalue weighted by atomic mass is 10.1. The average molecular weight is 374 g/mol. The van der Waals surface area contributed by atoms with Crippen LogP contribution in [0.3, 0.4) is 0 Å². The first-order valence-corrected chi connectivity index (χ1v) is 6.31. The van der Waals surface area contributed by atoms with Crippen LogP contribution >= 0.6 is 0 Å². The van der Waals surface area contributed by atoms with E-state index in [1.165, 1.54) is 16.6 Å². The molecule has 0 amide bonds. The number of nitrogens with zero attached hydrogens (tertiary/aromatic N) is 2. The third-order valence-corrected chi connectivity index (χ3v) is 3.21. The van der Waals surface area contributed by atoms with E-state index < -0.39 is 0 Å². The zero-order valence-electron chi connectivity index (χ0n) is 11.2. The van der Waals surface area contributed by atoms with Crippen LogP contribution in [0.25, 0.3) is 23.1 Å². The number of hydrogen-bond donors (Lipinski definition) is 0. The van der Waals surface area contributed by atoms with E-state index in [0.29, 0.717) is 0 Å². The van der Waals surface area contributed by atoms with Gasteiger partial charge in [0.2, 0.25) is 5.69 Å². The van der Waals surface area contributed by atoms with Crippen LogP contribution in [0.1, 0.15) is 11.3 Å². The van der Waals surface area contributed by atoms with Gasteiger partial charge in [-0.05, 0) is 29.8 Å². The zero-order valence-corrected chi connectivity index (χ0v) is 13.4. The van der Waals surface area contributed by atoms with Crippen molar-refractivity contribution in [3.8, 4) is 0 Å². The van der Waals surface area contributed by atoms with Crippen molar-refractivity contribution in [2.45, 2.75) is 0 Å². The van der Waals surface area contributed by atoms with Crippen LogP contribution in [0.2, 0.25) is 0 Å². The van der Waals surface area contributed by atoms with E-state index in [4.69, 9.17) is 0 Å². The maximum atomic E-state index is 4.38. The highest BCUT2D eigenvalue weighted by molar-refractivity contribution is 5.89. The zero-order chi connectivity index (χ0) is 13.1. The SMILES string of the molecule is C[n+]1ccccc1/C=C/c1ccnc2ccccc12.[I-]. The Morgan fingerprint density at radius 2 is 1.75 bits per heavy atom. The maximum Gasteiger partial charge on any atom is 0.204 e. The van der Waals surface area contributed by atoms with Crippen LogP contribution < -0.4 is 28.5 Å². The van der Waals surface area contributed by atoms with E-state index in [9.17, 15) is 0 Å². The summed E-state index contributed by atoms with van der Waals surface area (Å²) in [5.41, 5.74) is 3.39. The highest BCUT2D eigenvalue weighted by atomic mass is 127. The van der Waals surface area contributed by atoms with Gasteiger partial charge in [-0.25, -0.2) is 4.57 Å². The molecule has 1 aromatic carbocycles. The Balaban J connectivity index is 0.00000147. The lowest BCUT2D eigenvalue weighted by Crippen LogP contribution is -3.00. The van der Waals surface area contributed by atoms with Gasteiger partial charge in [-0.3, -0.25) is 4.98 Å². The summed E-state index contributed by atoms with van der Waals surface area (Å²) in [6.45, 7) is 0. The normalized spacial score (nSPS) is 10.7. The van der Waals surface area contributed by atoms with Crippen molar-refractivity contribution in [2.24, 2.45) is 7.05 Å². The molecule has 0 unspecified atom stereocenters. The van der Waals surface area contributed by atoms with E-state index >= 15 is 0 Å². The van der Waals surface area contributed by atoms with Crippen LogP contribution in [-0.2, 0) is 7.05 Å². The molecule has 0 aliphatic rings. The predicted molar refractivity (Wildman–Crippen MR) is 78.3 cm³/mol. The first kappa shape index (κ1) is 14.7. The van der Waals surface area contributed by atoms with Crippen molar-refractivity contribution >= 4 is 23.1 Å². The third kappa shape index (κ3) is 3.04. The average Bonchev–Trinajstić information content (AvgIpc) is 2.46. The molecule has 0 aliphatic heterocycles. The Hall–Kier alpha value is -1.75. The summed E-state index contributed by atoms with van der Waals surface area (Å²) < 4.78 is 2.10. The standard InChI is InChI=1S/C17H15N2.HI/c1-19-13-5-4-6-15(19)10-9-14-11-12-18-17-8-3-2-7-16(14)17;/h2-13H,1H3;1H/q+1;/p-1/b10-9+;. The van der Waals surface area contributed by atoms with Crippen LogP contribution in [0.5, 0.6) is 0 Å². The molecule has 2 nitrogen and oxygen atoms in total. The molecule has 0 radical (unpaired) electrons. The van der Waals surface area contributed by atoms with Gasteiger partial charge in [0, 0.05) is 29.8 Å². The number of aryl methyl sites for hydroxylation is 1. The van der Waals surface area contributed by atoms with E-state index in [2.05, 4.69) is 33.8 Å². The Morgan fingerprint density at radius 1 is 0.950 bits per heavy atom. The number of pyridine rings is 2. The molecular formula is C17H15IN2. The number of hydrogen-bond acceptors (Lipinski definition) is 1. The molecule has 3 aromatic rings. The lowest BCUT2D eigenvalue weighted by molar-refractivity contribution is -0.673. The fraction of sp³-hybridized carbons (Fsp3) is 0.0588. The molecule has 0 atom stereocenters. The Bertz CT molecular complexity index is 745. The summed E-state index contributed by atoms with van der Waals surface area (Å²) in [4.78, 5) is 4.38. The van der Waals surface area contributed by atoms with Crippen molar-refractivity contribution < 1.29 is 28.5 Å². The second-order valence-corrected chi connectivity index (χ2v) is 4.49. The largest absolute Gasteiger partial charge is 1.00 e. The Morgan fingerprint density at radius 3 is 2.60 bits per heavy atom. The summed E-state index contributed by atoms with van der Waals surface area (Å²) in [5, 5.41) is 1.18. The van der Waals surface area contributed by atoms with E-state index in [0.717, 1.165) is 5.52 Å². The smallest absolute Gasteiger partial charge is 0.204 e. The van der Waals surface area contributed by atoms with Crippen LogP contribution in [0.15, 0.2) is 60.9 Å². The molecule has 0 aliphatic carbocycles. The molecule has 0 N–H and O–H groups in total. The van der Waals surface area contributed by atoms with Gasteiger partial charge >= 0.3 is 0 Å². The Kier molecular flexibility index (Phi) is 4.84. The highest BCUT2D eigenvalue weighted by Crippen LogP contribution is 2.18. The minimum atomic E-state index is 0. The second-order valence-electron chi connectivity index (χ2n) is 4.49. The molecule has 100 valence electrons. The molecular weight excluding hydrogens is 359 g/mol. The summed E-state index contributed by atoms with van der Waals surface area (Å²) in [6, 6.07) is 16.4. The highest BCUT2D eigenvalue weighted by Gasteiger charge is 2.01. The van der Waals surface area contributed by atoms with Gasteiger partial charge in [-0.1, -0.05) is 18.2 Å². The van der Waals surface area contributed by atoms with Crippen molar-refractivity contribution in [2.75, 3.05) is 0 Å². The number of rotatable bonds is 2. The molecule has 0 fully saturated rings. The minimum Gasteiger partial charge on any atom is -1.00 e. The molecule has 20 heavy (non-hydrogen) atoms. The second kappa shape index (κ2) is 6.61. The molecule has 3 rings (SSSR count). The van der Waals surface area contributed by atoms with Gasteiger partial charge in [-0.2, -0.15) is 0 Å². The predicted octanol–water partition coefficient (Wildman–Crippen LogP) is 0.234. The van der Waals surface area contributed by atoms with Gasteiger partial charge in [-0.15, -0.1) is 0 Å². The van der Waals surface area contributed by atoms with Crippen molar-refractivity contribution in [3.63, 3.8) is 0 Å². The number of halogens is 1. The van der Waals surface area contributed by atoms with Crippen LogP contribution in [0, 0.1) is 0 Å². The minimum absolute atomic E-state index is 0. The fourth-order valence-corrected chi connectivity index (χ4v) is 2.15. The van der Waals surface area contributed by atoms with Gasteiger partial charge < -0.3 is 24.0 Å². The van der Waals surface area contributed by atoms with E-state index in [-0.39, 0.29) is 24.0 Å². The fourth-order valence-electron chi connectivity index (χ4n) is 2.15. The third-order valence-electron chi connectivity index (χ3n) is 3.21.